The zero-order chi connectivity index (χ0) is 15.8. The average Bonchev–Trinajstić information content (AvgIpc) is 2.99. The maximum atomic E-state index is 6.20. The predicted octanol–water partition coefficient (Wildman–Crippen LogP) is 5.96. The molecule has 2 heterocycles. The molecule has 6 heteroatoms. The first-order valence-corrected chi connectivity index (χ1v) is 9.42. The van der Waals surface area contributed by atoms with Crippen molar-refractivity contribution in [3.8, 4) is 0 Å². The summed E-state index contributed by atoms with van der Waals surface area (Å²) in [6.45, 7) is 0. The van der Waals surface area contributed by atoms with Crippen molar-refractivity contribution in [3.63, 3.8) is 0 Å². The van der Waals surface area contributed by atoms with E-state index in [4.69, 9.17) is 21.6 Å². The molecular weight excluding hydrogens is 346 g/mol. The summed E-state index contributed by atoms with van der Waals surface area (Å²) >= 11 is 9.44. The van der Waals surface area contributed by atoms with Gasteiger partial charge in [0.25, 0.3) is 0 Å². The van der Waals surface area contributed by atoms with Crippen LogP contribution in [0.25, 0.3) is 21.3 Å². The molecule has 0 saturated heterocycles. The minimum Gasteiger partial charge on any atom is -0.353 e. The number of fused-ring (bicyclic) bond motifs is 2. The summed E-state index contributed by atoms with van der Waals surface area (Å²) in [5.74, 6) is 0. The van der Waals surface area contributed by atoms with Gasteiger partial charge < -0.3 is 5.32 Å². The lowest BCUT2D eigenvalue weighted by Gasteiger charge is -2.10. The second-order valence-corrected chi connectivity index (χ2v) is 7.44. The second-order valence-electron chi connectivity index (χ2n) is 4.98. The van der Waals surface area contributed by atoms with Gasteiger partial charge in [0, 0.05) is 16.1 Å². The van der Waals surface area contributed by atoms with Crippen molar-refractivity contribution >= 4 is 67.3 Å². The third kappa shape index (κ3) is 2.76. The SMILES string of the molecule is CSc1nc2c(Nc3ccccc3)c3cc(Cl)ccc3nc2s1. The standard InChI is InChI=1S/C17H12ClN3S2/c1-22-17-21-15-14(19-11-5-3-2-4-6-11)12-9-10(18)7-8-13(12)20-16(15)23-17/h2-9H,1H3,(H,19,20). The van der Waals surface area contributed by atoms with Crippen LogP contribution in [0, 0.1) is 0 Å². The number of halogens is 1. The molecule has 0 radical (unpaired) electrons. The molecule has 3 nitrogen and oxygen atoms in total. The molecular formula is C17H12ClN3S2. The van der Waals surface area contributed by atoms with Crippen LogP contribution in [0.15, 0.2) is 52.9 Å². The van der Waals surface area contributed by atoms with Crippen LogP contribution in [0.1, 0.15) is 0 Å². The van der Waals surface area contributed by atoms with Gasteiger partial charge in [0.2, 0.25) is 0 Å². The van der Waals surface area contributed by atoms with Gasteiger partial charge in [0.05, 0.1) is 11.2 Å². The fourth-order valence-electron chi connectivity index (χ4n) is 2.45. The van der Waals surface area contributed by atoms with Crippen LogP contribution >= 0.6 is 34.7 Å². The van der Waals surface area contributed by atoms with Gasteiger partial charge in [-0.25, -0.2) is 9.97 Å². The Hall–Kier alpha value is -1.82. The highest BCUT2D eigenvalue weighted by Gasteiger charge is 2.14. The molecule has 0 bridgehead atoms. The van der Waals surface area contributed by atoms with Gasteiger partial charge in [0.15, 0.2) is 4.34 Å². The number of nitrogens with one attached hydrogen (secondary N) is 1. The van der Waals surface area contributed by atoms with Crippen molar-refractivity contribution in [2.75, 3.05) is 11.6 Å². The van der Waals surface area contributed by atoms with Crippen LogP contribution in [0.2, 0.25) is 5.02 Å². The van der Waals surface area contributed by atoms with Crippen LogP contribution in [0.5, 0.6) is 0 Å². The number of nitrogens with zero attached hydrogens (tertiary/aromatic N) is 2. The number of thioether (sulfide) groups is 1. The van der Waals surface area contributed by atoms with E-state index >= 15 is 0 Å². The molecule has 0 saturated carbocycles. The first kappa shape index (κ1) is 14.8. The summed E-state index contributed by atoms with van der Waals surface area (Å²) in [6, 6.07) is 15.8. The van der Waals surface area contributed by atoms with Gasteiger partial charge in [-0.3, -0.25) is 0 Å². The quantitative estimate of drug-likeness (QED) is 0.459. The van der Waals surface area contributed by atoms with E-state index in [9.17, 15) is 0 Å². The number of pyridine rings is 1. The summed E-state index contributed by atoms with van der Waals surface area (Å²) in [4.78, 5) is 10.4. The van der Waals surface area contributed by atoms with E-state index < -0.39 is 0 Å². The second kappa shape index (κ2) is 6.00. The Morgan fingerprint density at radius 2 is 1.91 bits per heavy atom. The zero-order valence-electron chi connectivity index (χ0n) is 12.2. The summed E-state index contributed by atoms with van der Waals surface area (Å²) in [7, 11) is 0. The minimum atomic E-state index is 0.690. The lowest BCUT2D eigenvalue weighted by atomic mass is 10.1. The molecule has 1 N–H and O–H groups in total. The molecule has 4 rings (SSSR count). The molecule has 0 unspecified atom stereocenters. The minimum absolute atomic E-state index is 0.690. The van der Waals surface area contributed by atoms with E-state index in [1.165, 1.54) is 0 Å². The summed E-state index contributed by atoms with van der Waals surface area (Å²) in [6.07, 6.45) is 2.03. The predicted molar refractivity (Wildman–Crippen MR) is 101 cm³/mol. The average molecular weight is 358 g/mol. The number of hydrogen-bond donors (Lipinski definition) is 1. The maximum absolute atomic E-state index is 6.20. The Morgan fingerprint density at radius 3 is 2.70 bits per heavy atom. The van der Waals surface area contributed by atoms with Gasteiger partial charge in [-0.15, -0.1) is 0 Å². The summed E-state index contributed by atoms with van der Waals surface area (Å²) in [5.41, 5.74) is 3.77. The number of thiazole rings is 1. The summed E-state index contributed by atoms with van der Waals surface area (Å²) in [5, 5.41) is 5.16. The number of aromatic nitrogens is 2. The molecule has 0 atom stereocenters. The molecule has 0 spiro atoms. The third-order valence-corrected chi connectivity index (χ3v) is 5.66. The number of benzene rings is 2. The number of anilines is 2. The molecule has 0 aliphatic heterocycles. The molecule has 0 aliphatic carbocycles. The molecule has 0 amide bonds. The molecule has 4 aromatic rings. The lowest BCUT2D eigenvalue weighted by molar-refractivity contribution is 1.30. The van der Waals surface area contributed by atoms with E-state index in [-0.39, 0.29) is 0 Å². The van der Waals surface area contributed by atoms with Gasteiger partial charge in [0.1, 0.15) is 10.3 Å². The first-order valence-electron chi connectivity index (χ1n) is 7.00. The number of hydrogen-bond acceptors (Lipinski definition) is 5. The molecule has 0 aliphatic rings. The van der Waals surface area contributed by atoms with E-state index in [0.29, 0.717) is 5.02 Å². The van der Waals surface area contributed by atoms with Gasteiger partial charge in [-0.1, -0.05) is 52.9 Å². The molecule has 114 valence electrons. The zero-order valence-corrected chi connectivity index (χ0v) is 14.6. The highest BCUT2D eigenvalue weighted by Crippen LogP contribution is 2.38. The number of rotatable bonds is 3. The Morgan fingerprint density at radius 1 is 1.09 bits per heavy atom. The van der Waals surface area contributed by atoms with E-state index in [1.807, 2.05) is 54.8 Å². The monoisotopic (exact) mass is 357 g/mol. The largest absolute Gasteiger partial charge is 0.353 e. The van der Waals surface area contributed by atoms with Crippen molar-refractivity contribution in [2.45, 2.75) is 4.34 Å². The van der Waals surface area contributed by atoms with Crippen molar-refractivity contribution < 1.29 is 0 Å². The smallest absolute Gasteiger partial charge is 0.152 e. The molecule has 23 heavy (non-hydrogen) atoms. The Kier molecular flexibility index (Phi) is 3.85. The maximum Gasteiger partial charge on any atom is 0.152 e. The molecule has 2 aromatic carbocycles. The Labute approximate surface area is 146 Å². The van der Waals surface area contributed by atoms with E-state index in [2.05, 4.69) is 5.32 Å². The first-order chi connectivity index (χ1) is 11.2. The van der Waals surface area contributed by atoms with Gasteiger partial charge in [-0.05, 0) is 36.6 Å². The lowest BCUT2D eigenvalue weighted by Crippen LogP contribution is -1.94. The third-order valence-electron chi connectivity index (χ3n) is 3.49. The van der Waals surface area contributed by atoms with E-state index in [1.54, 1.807) is 23.1 Å². The van der Waals surface area contributed by atoms with Gasteiger partial charge in [-0.2, -0.15) is 0 Å². The van der Waals surface area contributed by atoms with Gasteiger partial charge >= 0.3 is 0 Å². The van der Waals surface area contributed by atoms with Crippen LogP contribution in [-0.2, 0) is 0 Å². The van der Waals surface area contributed by atoms with Crippen LogP contribution in [0.4, 0.5) is 11.4 Å². The molecule has 2 aromatic heterocycles. The normalized spacial score (nSPS) is 11.2. The fraction of sp³-hybridized carbons (Fsp3) is 0.0588. The Bertz CT molecular complexity index is 999. The van der Waals surface area contributed by atoms with Crippen molar-refractivity contribution in [2.24, 2.45) is 0 Å². The van der Waals surface area contributed by atoms with Crippen LogP contribution in [-0.4, -0.2) is 16.2 Å². The number of para-hydroxylation sites is 1. The van der Waals surface area contributed by atoms with Crippen molar-refractivity contribution in [1.29, 1.82) is 0 Å². The highest BCUT2D eigenvalue weighted by molar-refractivity contribution is 8.00. The van der Waals surface area contributed by atoms with Crippen molar-refractivity contribution in [3.05, 3.63) is 53.6 Å². The van der Waals surface area contributed by atoms with Crippen molar-refractivity contribution in [1.82, 2.24) is 9.97 Å². The summed E-state index contributed by atoms with van der Waals surface area (Å²) < 4.78 is 1.00. The molecule has 0 fully saturated rings. The highest BCUT2D eigenvalue weighted by atomic mass is 35.5. The van der Waals surface area contributed by atoms with E-state index in [0.717, 1.165) is 37.0 Å². The van der Waals surface area contributed by atoms with Crippen LogP contribution < -0.4 is 5.32 Å². The fourth-order valence-corrected chi connectivity index (χ4v) is 4.07. The topological polar surface area (TPSA) is 37.8 Å². The van der Waals surface area contributed by atoms with Crippen LogP contribution in [0.3, 0.4) is 0 Å². The Balaban J connectivity index is 2.02.